The molecule has 0 aliphatic rings. The van der Waals surface area contributed by atoms with Crippen molar-refractivity contribution in [3.05, 3.63) is 53.6 Å². The number of benzene rings is 2. The number of rotatable bonds is 5. The lowest BCUT2D eigenvalue weighted by Gasteiger charge is -2.07. The Labute approximate surface area is 138 Å². The van der Waals surface area contributed by atoms with Crippen LogP contribution in [0.4, 0.5) is 5.69 Å². The quantitative estimate of drug-likeness (QED) is 0.834. The first-order valence-corrected chi connectivity index (χ1v) is 9.59. The number of sulfone groups is 1. The molecule has 4 nitrogen and oxygen atoms in total. The Morgan fingerprint density at radius 3 is 2.59 bits per heavy atom. The normalized spacial score (nSPS) is 11.2. The fourth-order valence-electron chi connectivity index (χ4n) is 1.71. The van der Waals surface area contributed by atoms with E-state index in [1.54, 1.807) is 18.2 Å². The van der Waals surface area contributed by atoms with Crippen LogP contribution in [0.2, 0.25) is 5.02 Å². The topological polar surface area (TPSA) is 63.2 Å². The van der Waals surface area contributed by atoms with Crippen molar-refractivity contribution < 1.29 is 13.2 Å². The van der Waals surface area contributed by atoms with Crippen LogP contribution in [-0.2, 0) is 14.6 Å². The molecule has 0 radical (unpaired) electrons. The summed E-state index contributed by atoms with van der Waals surface area (Å²) in [4.78, 5) is 12.9. The summed E-state index contributed by atoms with van der Waals surface area (Å²) in [6.07, 6.45) is 1.13. The maximum atomic E-state index is 11.9. The van der Waals surface area contributed by atoms with Gasteiger partial charge < -0.3 is 5.32 Å². The second kappa shape index (κ2) is 7.17. The summed E-state index contributed by atoms with van der Waals surface area (Å²) in [5.41, 5.74) is 0.452. The lowest BCUT2D eigenvalue weighted by Crippen LogP contribution is -2.14. The fraction of sp³-hybridized carbons (Fsp3) is 0.133. The van der Waals surface area contributed by atoms with Crippen molar-refractivity contribution in [2.24, 2.45) is 0 Å². The van der Waals surface area contributed by atoms with Gasteiger partial charge in [-0.05, 0) is 30.3 Å². The minimum absolute atomic E-state index is 0.170. The zero-order valence-electron chi connectivity index (χ0n) is 11.7. The lowest BCUT2D eigenvalue weighted by molar-refractivity contribution is -0.113. The van der Waals surface area contributed by atoms with Crippen LogP contribution in [0.5, 0.6) is 0 Å². The molecule has 0 aromatic heterocycles. The number of carbonyl (C=O) groups is 1. The maximum Gasteiger partial charge on any atom is 0.234 e. The molecule has 0 atom stereocenters. The number of amides is 1. The molecule has 22 heavy (non-hydrogen) atoms. The van der Waals surface area contributed by atoms with Crippen molar-refractivity contribution in [1.82, 2.24) is 0 Å². The molecule has 7 heteroatoms. The van der Waals surface area contributed by atoms with Gasteiger partial charge in [-0.15, -0.1) is 11.8 Å². The highest BCUT2D eigenvalue weighted by molar-refractivity contribution is 8.00. The molecule has 1 N–H and O–H groups in total. The number of thioether (sulfide) groups is 1. The van der Waals surface area contributed by atoms with Crippen molar-refractivity contribution in [3.8, 4) is 0 Å². The van der Waals surface area contributed by atoms with E-state index in [2.05, 4.69) is 5.32 Å². The summed E-state index contributed by atoms with van der Waals surface area (Å²) in [6.45, 7) is 0. The van der Waals surface area contributed by atoms with Crippen LogP contribution in [0.3, 0.4) is 0 Å². The van der Waals surface area contributed by atoms with Crippen LogP contribution in [-0.4, -0.2) is 26.3 Å². The number of hydrogen-bond acceptors (Lipinski definition) is 4. The van der Waals surface area contributed by atoms with E-state index in [1.807, 2.05) is 18.2 Å². The third kappa shape index (κ3) is 4.76. The van der Waals surface area contributed by atoms with Gasteiger partial charge in [-0.25, -0.2) is 8.42 Å². The van der Waals surface area contributed by atoms with E-state index in [4.69, 9.17) is 11.6 Å². The number of halogens is 1. The van der Waals surface area contributed by atoms with E-state index in [0.29, 0.717) is 10.7 Å². The Morgan fingerprint density at radius 1 is 1.18 bits per heavy atom. The minimum Gasteiger partial charge on any atom is -0.325 e. The SMILES string of the molecule is CS(=O)(=O)c1cccc(NC(=O)CSc2ccccc2Cl)c1. The van der Waals surface area contributed by atoms with E-state index in [-0.39, 0.29) is 16.6 Å². The van der Waals surface area contributed by atoms with Crippen LogP contribution < -0.4 is 5.32 Å². The van der Waals surface area contributed by atoms with Gasteiger partial charge in [0.15, 0.2) is 9.84 Å². The third-order valence-corrected chi connectivity index (χ3v) is 5.37. The van der Waals surface area contributed by atoms with Crippen LogP contribution in [0, 0.1) is 0 Å². The first-order chi connectivity index (χ1) is 10.4. The van der Waals surface area contributed by atoms with Gasteiger partial charge in [-0.3, -0.25) is 4.79 Å². The molecule has 116 valence electrons. The summed E-state index contributed by atoms with van der Waals surface area (Å²) in [7, 11) is -3.30. The van der Waals surface area contributed by atoms with Crippen LogP contribution in [0.25, 0.3) is 0 Å². The Balaban J connectivity index is 2.00. The van der Waals surface area contributed by atoms with Crippen molar-refractivity contribution in [3.63, 3.8) is 0 Å². The maximum absolute atomic E-state index is 11.9. The molecule has 0 spiro atoms. The summed E-state index contributed by atoms with van der Waals surface area (Å²) in [5.74, 6) is -0.0390. The number of hydrogen-bond donors (Lipinski definition) is 1. The molecule has 2 aromatic rings. The standard InChI is InChI=1S/C15H14ClNO3S2/c1-22(19,20)12-6-4-5-11(9-12)17-15(18)10-21-14-8-3-2-7-13(14)16/h2-9H,10H2,1H3,(H,17,18). The van der Waals surface area contributed by atoms with Crippen LogP contribution in [0.1, 0.15) is 0 Å². The summed E-state index contributed by atoms with van der Waals surface area (Å²) in [5, 5.41) is 3.27. The van der Waals surface area contributed by atoms with Gasteiger partial charge in [0.2, 0.25) is 5.91 Å². The first-order valence-electron chi connectivity index (χ1n) is 6.33. The van der Waals surface area contributed by atoms with Crippen molar-refractivity contribution >= 4 is 44.8 Å². The lowest BCUT2D eigenvalue weighted by atomic mass is 10.3. The third-order valence-electron chi connectivity index (χ3n) is 2.74. The summed E-state index contributed by atoms with van der Waals surface area (Å²) in [6, 6.07) is 13.4. The van der Waals surface area contributed by atoms with Crippen molar-refractivity contribution in [1.29, 1.82) is 0 Å². The monoisotopic (exact) mass is 355 g/mol. The zero-order chi connectivity index (χ0) is 16.2. The molecule has 0 bridgehead atoms. The van der Waals surface area contributed by atoms with Crippen molar-refractivity contribution in [2.75, 3.05) is 17.3 Å². The average Bonchev–Trinajstić information content (AvgIpc) is 2.46. The first kappa shape index (κ1) is 16.9. The van der Waals surface area contributed by atoms with Gasteiger partial charge in [0.25, 0.3) is 0 Å². The van der Waals surface area contributed by atoms with E-state index in [0.717, 1.165) is 11.2 Å². The molecule has 0 heterocycles. The molecule has 0 unspecified atom stereocenters. The predicted molar refractivity (Wildman–Crippen MR) is 90.4 cm³/mol. The molecular formula is C15H14ClNO3S2. The molecule has 0 fully saturated rings. The molecule has 0 aliphatic heterocycles. The summed E-state index contributed by atoms with van der Waals surface area (Å²) >= 11 is 7.34. The van der Waals surface area contributed by atoms with Crippen LogP contribution in [0.15, 0.2) is 58.3 Å². The van der Waals surface area contributed by atoms with Gasteiger partial charge in [0, 0.05) is 16.8 Å². The molecule has 0 aliphatic carbocycles. The van der Waals surface area contributed by atoms with E-state index < -0.39 is 9.84 Å². The van der Waals surface area contributed by atoms with Crippen LogP contribution >= 0.6 is 23.4 Å². The molecule has 2 aromatic carbocycles. The average molecular weight is 356 g/mol. The van der Waals surface area contributed by atoms with E-state index in [1.165, 1.54) is 23.9 Å². The highest BCUT2D eigenvalue weighted by Crippen LogP contribution is 2.26. The molecule has 0 saturated carbocycles. The Kier molecular flexibility index (Phi) is 5.50. The Bertz CT molecular complexity index is 791. The second-order valence-corrected chi connectivity index (χ2v) is 8.01. The fourth-order valence-corrected chi connectivity index (χ4v) is 3.41. The Morgan fingerprint density at radius 2 is 1.91 bits per heavy atom. The highest BCUT2D eigenvalue weighted by Gasteiger charge is 2.10. The number of carbonyl (C=O) groups excluding carboxylic acids is 1. The molecule has 1 amide bonds. The minimum atomic E-state index is -3.30. The smallest absolute Gasteiger partial charge is 0.234 e. The van der Waals surface area contributed by atoms with Gasteiger partial charge in [0.1, 0.15) is 0 Å². The second-order valence-electron chi connectivity index (χ2n) is 4.57. The highest BCUT2D eigenvalue weighted by atomic mass is 35.5. The summed E-state index contributed by atoms with van der Waals surface area (Å²) < 4.78 is 23.0. The Hall–Kier alpha value is -1.50. The van der Waals surface area contributed by atoms with Gasteiger partial charge in [-0.1, -0.05) is 29.8 Å². The van der Waals surface area contributed by atoms with Gasteiger partial charge >= 0.3 is 0 Å². The van der Waals surface area contributed by atoms with Crippen molar-refractivity contribution in [2.45, 2.75) is 9.79 Å². The largest absolute Gasteiger partial charge is 0.325 e. The molecular weight excluding hydrogens is 342 g/mol. The zero-order valence-corrected chi connectivity index (χ0v) is 14.1. The van der Waals surface area contributed by atoms with Gasteiger partial charge in [0.05, 0.1) is 15.7 Å². The molecule has 0 saturated heterocycles. The van der Waals surface area contributed by atoms with E-state index in [9.17, 15) is 13.2 Å². The van der Waals surface area contributed by atoms with E-state index >= 15 is 0 Å². The van der Waals surface area contributed by atoms with Gasteiger partial charge in [-0.2, -0.15) is 0 Å². The number of nitrogens with one attached hydrogen (secondary N) is 1. The molecule has 2 rings (SSSR count). The predicted octanol–water partition coefficient (Wildman–Crippen LogP) is 3.47. The number of anilines is 1.